The molecule has 0 amide bonds. The highest BCUT2D eigenvalue weighted by molar-refractivity contribution is 7.86. The molecule has 0 aliphatic rings. The first kappa shape index (κ1) is 24.2. The molecule has 0 aliphatic carbocycles. The third kappa shape index (κ3) is 4.64. The van der Waals surface area contributed by atoms with Gasteiger partial charge in [-0.3, -0.25) is 9.11 Å². The number of hydrogen-bond donors (Lipinski definition) is 2. The summed E-state index contributed by atoms with van der Waals surface area (Å²) in [6.07, 6.45) is 0. The topological polar surface area (TPSA) is 146 Å². The van der Waals surface area contributed by atoms with E-state index >= 15 is 0 Å². The number of aryl methyl sites for hydroxylation is 1. The zero-order valence-corrected chi connectivity index (χ0v) is 21.0. The van der Waals surface area contributed by atoms with Crippen molar-refractivity contribution < 1.29 is 25.9 Å². The summed E-state index contributed by atoms with van der Waals surface area (Å²) >= 11 is 1.28. The SMILES string of the molecule is Cc1nc(-c2ccc3ccccc3c2)c(N=Nc2cc(S(=O)(=O)O)c3cccc(S(=O)(=O)O)c3c2)s1. The fraction of sp³-hybridized carbons (Fsp3) is 0.0417. The molecule has 0 saturated heterocycles. The van der Waals surface area contributed by atoms with Crippen LogP contribution in [-0.2, 0) is 20.2 Å². The quantitative estimate of drug-likeness (QED) is 0.196. The summed E-state index contributed by atoms with van der Waals surface area (Å²) in [5.41, 5.74) is 1.36. The minimum absolute atomic E-state index is 0.0401. The number of aromatic nitrogens is 1. The third-order valence-corrected chi connectivity index (χ3v) is 8.11. The van der Waals surface area contributed by atoms with E-state index in [0.29, 0.717) is 10.7 Å². The van der Waals surface area contributed by atoms with Crippen LogP contribution < -0.4 is 0 Å². The summed E-state index contributed by atoms with van der Waals surface area (Å²) in [4.78, 5) is 3.49. The smallest absolute Gasteiger partial charge is 0.282 e. The van der Waals surface area contributed by atoms with Gasteiger partial charge in [0.15, 0.2) is 5.00 Å². The Morgan fingerprint density at radius 2 is 1.47 bits per heavy atom. The largest absolute Gasteiger partial charge is 0.295 e. The van der Waals surface area contributed by atoms with Crippen LogP contribution in [0.2, 0.25) is 0 Å². The molecule has 2 N–H and O–H groups in total. The van der Waals surface area contributed by atoms with Gasteiger partial charge in [0.2, 0.25) is 0 Å². The first-order valence-electron chi connectivity index (χ1n) is 10.4. The number of rotatable bonds is 5. The lowest BCUT2D eigenvalue weighted by molar-refractivity contribution is 0.481. The minimum Gasteiger partial charge on any atom is -0.282 e. The summed E-state index contributed by atoms with van der Waals surface area (Å²) in [7, 11) is -9.44. The lowest BCUT2D eigenvalue weighted by Crippen LogP contribution is -2.03. The van der Waals surface area contributed by atoms with Gasteiger partial charge in [0.05, 0.1) is 10.7 Å². The van der Waals surface area contributed by atoms with E-state index < -0.39 is 30.0 Å². The van der Waals surface area contributed by atoms with Crippen molar-refractivity contribution >= 4 is 63.8 Å². The van der Waals surface area contributed by atoms with Crippen LogP contribution in [0.15, 0.2) is 92.8 Å². The Kier molecular flexibility index (Phi) is 5.93. The first-order valence-corrected chi connectivity index (χ1v) is 14.1. The molecule has 0 spiro atoms. The molecule has 5 aromatic rings. The Morgan fingerprint density at radius 1 is 0.750 bits per heavy atom. The molecule has 36 heavy (non-hydrogen) atoms. The van der Waals surface area contributed by atoms with E-state index in [1.54, 1.807) is 0 Å². The predicted octanol–water partition coefficient (Wildman–Crippen LogP) is 6.33. The summed E-state index contributed by atoms with van der Waals surface area (Å²) < 4.78 is 67.2. The van der Waals surface area contributed by atoms with Crippen molar-refractivity contribution in [2.24, 2.45) is 10.2 Å². The van der Waals surface area contributed by atoms with Crippen LogP contribution in [-0.4, -0.2) is 30.9 Å². The van der Waals surface area contributed by atoms with Crippen molar-refractivity contribution in [2.75, 3.05) is 0 Å². The first-order chi connectivity index (χ1) is 17.0. The van der Waals surface area contributed by atoms with Crippen LogP contribution in [0.1, 0.15) is 5.01 Å². The van der Waals surface area contributed by atoms with E-state index in [2.05, 4.69) is 15.2 Å². The fourth-order valence-electron chi connectivity index (χ4n) is 3.92. The monoisotopic (exact) mass is 539 g/mol. The number of benzene rings is 4. The van der Waals surface area contributed by atoms with Crippen molar-refractivity contribution in [1.29, 1.82) is 0 Å². The van der Waals surface area contributed by atoms with Gasteiger partial charge < -0.3 is 0 Å². The molecule has 4 aromatic carbocycles. The zero-order valence-electron chi connectivity index (χ0n) is 18.5. The van der Waals surface area contributed by atoms with Gasteiger partial charge in [-0.15, -0.1) is 10.2 Å². The molecule has 1 heterocycles. The summed E-state index contributed by atoms with van der Waals surface area (Å²) in [5.74, 6) is 0. The van der Waals surface area contributed by atoms with Crippen LogP contribution in [0, 0.1) is 6.92 Å². The molecule has 5 rings (SSSR count). The van der Waals surface area contributed by atoms with Crippen molar-refractivity contribution in [3.05, 3.63) is 77.8 Å². The summed E-state index contributed by atoms with van der Waals surface area (Å²) in [5, 5.41) is 11.5. The van der Waals surface area contributed by atoms with Gasteiger partial charge in [-0.05, 0) is 42.0 Å². The van der Waals surface area contributed by atoms with Crippen LogP contribution in [0.25, 0.3) is 32.8 Å². The number of nitrogens with zero attached hydrogens (tertiary/aromatic N) is 3. The van der Waals surface area contributed by atoms with E-state index in [9.17, 15) is 25.9 Å². The third-order valence-electron chi connectivity index (χ3n) is 5.45. The van der Waals surface area contributed by atoms with Crippen molar-refractivity contribution in [2.45, 2.75) is 16.7 Å². The second-order valence-corrected chi connectivity index (χ2v) is 11.9. The normalized spacial score (nSPS) is 12.6. The molecule has 0 aliphatic heterocycles. The molecule has 0 atom stereocenters. The van der Waals surface area contributed by atoms with Gasteiger partial charge >= 0.3 is 0 Å². The second-order valence-electron chi connectivity index (χ2n) is 7.89. The van der Waals surface area contributed by atoms with Gasteiger partial charge in [0.1, 0.15) is 15.5 Å². The number of hydrogen-bond acceptors (Lipinski definition) is 8. The zero-order chi connectivity index (χ0) is 25.7. The van der Waals surface area contributed by atoms with E-state index in [0.717, 1.165) is 33.5 Å². The molecular formula is C24H17N3O6S3. The van der Waals surface area contributed by atoms with Crippen LogP contribution in [0.4, 0.5) is 10.7 Å². The molecule has 0 saturated carbocycles. The number of fused-ring (bicyclic) bond motifs is 2. The van der Waals surface area contributed by atoms with Gasteiger partial charge in [-0.1, -0.05) is 59.9 Å². The van der Waals surface area contributed by atoms with Gasteiger partial charge in [0, 0.05) is 16.3 Å². The maximum absolute atomic E-state index is 12.0. The molecule has 0 radical (unpaired) electrons. The van der Waals surface area contributed by atoms with Crippen LogP contribution >= 0.6 is 11.3 Å². The van der Waals surface area contributed by atoms with Gasteiger partial charge in [0.25, 0.3) is 20.2 Å². The molecule has 0 bridgehead atoms. The summed E-state index contributed by atoms with van der Waals surface area (Å²) in [6.45, 7) is 1.82. The highest BCUT2D eigenvalue weighted by atomic mass is 32.2. The minimum atomic E-state index is -4.75. The second kappa shape index (κ2) is 8.84. The average molecular weight is 540 g/mol. The molecule has 12 heteroatoms. The molecule has 1 aromatic heterocycles. The van der Waals surface area contributed by atoms with E-state index in [1.807, 2.05) is 49.4 Å². The lowest BCUT2D eigenvalue weighted by atomic mass is 10.1. The van der Waals surface area contributed by atoms with Gasteiger partial charge in [-0.2, -0.15) is 16.8 Å². The average Bonchev–Trinajstić information content (AvgIpc) is 3.20. The van der Waals surface area contributed by atoms with Gasteiger partial charge in [-0.25, -0.2) is 4.98 Å². The molecule has 182 valence electrons. The van der Waals surface area contributed by atoms with Crippen molar-refractivity contribution in [3.8, 4) is 11.3 Å². The maximum atomic E-state index is 12.0. The highest BCUT2D eigenvalue weighted by Crippen LogP contribution is 2.39. The van der Waals surface area contributed by atoms with Crippen molar-refractivity contribution in [3.63, 3.8) is 0 Å². The van der Waals surface area contributed by atoms with Crippen LogP contribution in [0.5, 0.6) is 0 Å². The van der Waals surface area contributed by atoms with Crippen molar-refractivity contribution in [1.82, 2.24) is 4.98 Å². The highest BCUT2D eigenvalue weighted by Gasteiger charge is 2.21. The van der Waals surface area contributed by atoms with E-state index in [4.69, 9.17) is 0 Å². The Hall–Kier alpha value is -3.55. The Morgan fingerprint density at radius 3 is 2.19 bits per heavy atom. The molecule has 9 nitrogen and oxygen atoms in total. The Bertz CT molecular complexity index is 1910. The summed E-state index contributed by atoms with van der Waals surface area (Å²) in [6, 6.07) is 19.8. The fourth-order valence-corrected chi connectivity index (χ4v) is 6.10. The Balaban J connectivity index is 1.66. The van der Waals surface area contributed by atoms with E-state index in [-0.39, 0.29) is 16.5 Å². The Labute approximate surface area is 210 Å². The molecule has 0 unspecified atom stereocenters. The predicted molar refractivity (Wildman–Crippen MR) is 138 cm³/mol. The molecule has 0 fully saturated rings. The van der Waals surface area contributed by atoms with E-state index in [1.165, 1.54) is 29.5 Å². The maximum Gasteiger partial charge on any atom is 0.295 e. The molecular weight excluding hydrogens is 522 g/mol. The number of thiazole rings is 1. The van der Waals surface area contributed by atoms with Crippen LogP contribution in [0.3, 0.4) is 0 Å². The number of azo groups is 1. The standard InChI is InChI=1S/C24H17N3O6S3/c1-14-25-23(17-10-9-15-5-2-3-6-16(15)11-17)24(34-14)27-26-18-12-20-19(22(13-18)36(31,32)33)7-4-8-21(20)35(28,29)30/h2-13H,1H3,(H,28,29,30)(H,31,32,33). The lowest BCUT2D eigenvalue weighted by Gasteiger charge is -2.08.